The van der Waals surface area contributed by atoms with Crippen molar-refractivity contribution in [2.24, 2.45) is 7.05 Å². The van der Waals surface area contributed by atoms with Crippen LogP contribution in [0.3, 0.4) is 0 Å². The van der Waals surface area contributed by atoms with E-state index in [4.69, 9.17) is 11.6 Å². The zero-order chi connectivity index (χ0) is 10.7. The van der Waals surface area contributed by atoms with Gasteiger partial charge in [-0.3, -0.25) is 4.68 Å². The topological polar surface area (TPSA) is 17.8 Å². The quantitative estimate of drug-likeness (QED) is 0.772. The molecule has 0 aliphatic rings. The molecule has 1 rings (SSSR count). The molecule has 1 aromatic heterocycles. The van der Waals surface area contributed by atoms with Crippen LogP contribution in [-0.2, 0) is 13.5 Å². The first-order valence-corrected chi connectivity index (χ1v) is 6.07. The van der Waals surface area contributed by atoms with Crippen LogP contribution in [0.2, 0.25) is 0 Å². The highest BCUT2D eigenvalue weighted by Crippen LogP contribution is 2.22. The number of hydrogen-bond acceptors (Lipinski definition) is 1. The molecule has 0 spiro atoms. The van der Waals surface area contributed by atoms with Crippen molar-refractivity contribution in [1.82, 2.24) is 9.78 Å². The molecule has 0 saturated heterocycles. The fourth-order valence-electron chi connectivity index (χ4n) is 1.50. The van der Waals surface area contributed by atoms with Crippen molar-refractivity contribution in [3.8, 4) is 0 Å². The van der Waals surface area contributed by atoms with E-state index in [0.29, 0.717) is 0 Å². The average molecular weight is 280 g/mol. The lowest BCUT2D eigenvalue weighted by atomic mass is 10.1. The summed E-state index contributed by atoms with van der Waals surface area (Å²) >= 11 is 9.45. The molecule has 1 heterocycles. The summed E-state index contributed by atoms with van der Waals surface area (Å²) in [5, 5.41) is 4.61. The van der Waals surface area contributed by atoms with Gasteiger partial charge in [0.15, 0.2) is 0 Å². The van der Waals surface area contributed by atoms with Crippen LogP contribution in [0.1, 0.15) is 31.2 Å². The maximum atomic E-state index is 5.89. The minimum atomic E-state index is 0.267. The van der Waals surface area contributed by atoms with Gasteiger partial charge in [-0.05, 0) is 49.0 Å². The molecule has 2 nitrogen and oxygen atoms in total. The second-order valence-electron chi connectivity index (χ2n) is 3.64. The number of hydrogen-bond donors (Lipinski definition) is 0. The van der Waals surface area contributed by atoms with E-state index < -0.39 is 0 Å². The van der Waals surface area contributed by atoms with Gasteiger partial charge < -0.3 is 0 Å². The molecule has 1 unspecified atom stereocenters. The predicted octanol–water partition coefficient (Wildman–Crippen LogP) is 3.44. The third-order valence-corrected chi connectivity index (χ3v) is 3.53. The Bertz CT molecular complexity index is 307. The Balaban J connectivity index is 2.58. The summed E-state index contributed by atoms with van der Waals surface area (Å²) < 4.78 is 3.08. The van der Waals surface area contributed by atoms with Gasteiger partial charge in [0.2, 0.25) is 0 Å². The summed E-state index contributed by atoms with van der Waals surface area (Å²) in [6.07, 6.45) is 3.20. The van der Waals surface area contributed by atoms with Crippen LogP contribution in [0.25, 0.3) is 0 Å². The molecule has 0 bridgehead atoms. The van der Waals surface area contributed by atoms with E-state index in [0.717, 1.165) is 29.4 Å². The first-order valence-electron chi connectivity index (χ1n) is 4.84. The van der Waals surface area contributed by atoms with Gasteiger partial charge in [-0.1, -0.05) is 0 Å². The molecular formula is C10H16BrClN2. The molecule has 0 aromatic carbocycles. The lowest BCUT2D eigenvalue weighted by Gasteiger charge is -2.04. The van der Waals surface area contributed by atoms with Crippen LogP contribution < -0.4 is 0 Å². The van der Waals surface area contributed by atoms with Crippen molar-refractivity contribution in [2.75, 3.05) is 0 Å². The van der Waals surface area contributed by atoms with Crippen LogP contribution in [0.15, 0.2) is 4.47 Å². The number of aromatic nitrogens is 2. The summed E-state index contributed by atoms with van der Waals surface area (Å²) in [4.78, 5) is 0. The second-order valence-corrected chi connectivity index (χ2v) is 5.18. The summed E-state index contributed by atoms with van der Waals surface area (Å²) in [5.74, 6) is 0. The summed E-state index contributed by atoms with van der Waals surface area (Å²) in [6.45, 7) is 4.04. The molecule has 4 heteroatoms. The molecule has 0 aliphatic heterocycles. The van der Waals surface area contributed by atoms with Crippen molar-refractivity contribution in [1.29, 1.82) is 0 Å². The van der Waals surface area contributed by atoms with Crippen molar-refractivity contribution >= 4 is 27.5 Å². The van der Waals surface area contributed by atoms with Gasteiger partial charge in [-0.15, -0.1) is 11.6 Å². The molecule has 14 heavy (non-hydrogen) atoms. The normalized spacial score (nSPS) is 13.2. The number of halogens is 2. The number of nitrogens with zero attached hydrogens (tertiary/aromatic N) is 2. The molecule has 0 amide bonds. The molecule has 0 radical (unpaired) electrons. The molecule has 0 N–H and O–H groups in total. The van der Waals surface area contributed by atoms with Crippen LogP contribution in [0.5, 0.6) is 0 Å². The van der Waals surface area contributed by atoms with E-state index >= 15 is 0 Å². The SMILES string of the molecule is Cc1nn(C)c(CCCC(C)Cl)c1Br. The number of alkyl halides is 1. The van der Waals surface area contributed by atoms with Crippen molar-refractivity contribution in [3.63, 3.8) is 0 Å². The fraction of sp³-hybridized carbons (Fsp3) is 0.700. The van der Waals surface area contributed by atoms with E-state index in [2.05, 4.69) is 21.0 Å². The van der Waals surface area contributed by atoms with Crippen LogP contribution in [0, 0.1) is 6.92 Å². The summed E-state index contributed by atoms with van der Waals surface area (Å²) in [6, 6.07) is 0. The van der Waals surface area contributed by atoms with E-state index in [1.54, 1.807) is 0 Å². The molecule has 1 atom stereocenters. The molecule has 1 aromatic rings. The van der Waals surface area contributed by atoms with E-state index in [1.165, 1.54) is 5.69 Å². The van der Waals surface area contributed by atoms with Gasteiger partial charge in [-0.25, -0.2) is 0 Å². The van der Waals surface area contributed by atoms with Gasteiger partial charge in [0.25, 0.3) is 0 Å². The van der Waals surface area contributed by atoms with Gasteiger partial charge in [0.05, 0.1) is 15.9 Å². The standard InChI is InChI=1S/C10H16BrClN2/c1-7(12)5-4-6-9-10(11)8(2)13-14(9)3/h7H,4-6H2,1-3H3. The molecule has 0 aliphatic carbocycles. The molecule has 0 saturated carbocycles. The highest BCUT2D eigenvalue weighted by atomic mass is 79.9. The Kier molecular flexibility index (Phi) is 4.45. The molecule has 80 valence electrons. The highest BCUT2D eigenvalue weighted by molar-refractivity contribution is 9.10. The van der Waals surface area contributed by atoms with E-state index in [9.17, 15) is 0 Å². The van der Waals surface area contributed by atoms with E-state index in [-0.39, 0.29) is 5.38 Å². The third kappa shape index (κ3) is 2.99. The third-order valence-electron chi connectivity index (χ3n) is 2.28. The predicted molar refractivity (Wildman–Crippen MR) is 63.9 cm³/mol. The zero-order valence-electron chi connectivity index (χ0n) is 8.85. The lowest BCUT2D eigenvalue weighted by Crippen LogP contribution is -2.00. The Labute approximate surface area is 98.8 Å². The van der Waals surface area contributed by atoms with Crippen molar-refractivity contribution in [3.05, 3.63) is 15.9 Å². The van der Waals surface area contributed by atoms with Gasteiger partial charge in [0.1, 0.15) is 0 Å². The second kappa shape index (κ2) is 5.17. The minimum absolute atomic E-state index is 0.267. The van der Waals surface area contributed by atoms with Gasteiger partial charge in [-0.2, -0.15) is 5.10 Å². The Morgan fingerprint density at radius 3 is 2.64 bits per heavy atom. The molecular weight excluding hydrogens is 263 g/mol. The number of rotatable bonds is 4. The summed E-state index contributed by atoms with van der Waals surface area (Å²) in [7, 11) is 1.98. The maximum Gasteiger partial charge on any atom is 0.0738 e. The van der Waals surface area contributed by atoms with Gasteiger partial charge in [0, 0.05) is 12.4 Å². The molecule has 0 fully saturated rings. The smallest absolute Gasteiger partial charge is 0.0738 e. The van der Waals surface area contributed by atoms with Crippen LogP contribution in [-0.4, -0.2) is 15.2 Å². The van der Waals surface area contributed by atoms with E-state index in [1.807, 2.05) is 25.6 Å². The Morgan fingerprint density at radius 1 is 1.57 bits per heavy atom. The van der Waals surface area contributed by atoms with Crippen molar-refractivity contribution in [2.45, 2.75) is 38.5 Å². The highest BCUT2D eigenvalue weighted by Gasteiger charge is 2.10. The van der Waals surface area contributed by atoms with Gasteiger partial charge >= 0.3 is 0 Å². The number of aryl methyl sites for hydroxylation is 2. The zero-order valence-corrected chi connectivity index (χ0v) is 11.2. The average Bonchev–Trinajstić information content (AvgIpc) is 2.31. The van der Waals surface area contributed by atoms with Crippen molar-refractivity contribution < 1.29 is 0 Å². The largest absolute Gasteiger partial charge is 0.271 e. The lowest BCUT2D eigenvalue weighted by molar-refractivity contribution is 0.652. The first kappa shape index (κ1) is 12.1. The Morgan fingerprint density at radius 2 is 2.21 bits per heavy atom. The fourth-order valence-corrected chi connectivity index (χ4v) is 2.19. The van der Waals surface area contributed by atoms with Crippen LogP contribution >= 0.6 is 27.5 Å². The monoisotopic (exact) mass is 278 g/mol. The summed E-state index contributed by atoms with van der Waals surface area (Å²) in [5.41, 5.74) is 2.32. The Hall–Kier alpha value is -0.0200. The maximum absolute atomic E-state index is 5.89. The van der Waals surface area contributed by atoms with Crippen LogP contribution in [0.4, 0.5) is 0 Å². The first-order chi connectivity index (χ1) is 6.52. The minimum Gasteiger partial charge on any atom is -0.271 e.